The standard InChI is InChI=1S/C19H18N4O2/c1-12-17(14-8-4-3-5-9-14)21-22-18(12)19(25)23-20-13(2)15-10-6-7-11-16(15)24/h3-11,24H,1-2H3,(H,21,22)(H,23,25)/b20-13-. The number of carbonyl (C=O) groups excluding carboxylic acids is 1. The molecule has 0 fully saturated rings. The van der Waals surface area contributed by atoms with E-state index in [9.17, 15) is 9.90 Å². The molecule has 0 aliphatic carbocycles. The smallest absolute Gasteiger partial charge is 0.289 e. The number of hydrazone groups is 1. The molecular weight excluding hydrogens is 316 g/mol. The van der Waals surface area contributed by atoms with Crippen LogP contribution in [0.3, 0.4) is 0 Å². The topological polar surface area (TPSA) is 90.4 Å². The number of aromatic nitrogens is 2. The number of carbonyl (C=O) groups is 1. The predicted molar refractivity (Wildman–Crippen MR) is 96.5 cm³/mol. The van der Waals surface area contributed by atoms with Crippen molar-refractivity contribution in [1.29, 1.82) is 0 Å². The Morgan fingerprint density at radius 1 is 1.12 bits per heavy atom. The lowest BCUT2D eigenvalue weighted by Gasteiger charge is -2.04. The number of amides is 1. The van der Waals surface area contributed by atoms with E-state index in [0.717, 1.165) is 16.8 Å². The number of nitrogens with zero attached hydrogens (tertiary/aromatic N) is 2. The Labute approximate surface area is 145 Å². The number of hydrogen-bond acceptors (Lipinski definition) is 4. The number of para-hydroxylation sites is 1. The second kappa shape index (κ2) is 7.00. The molecule has 0 aliphatic rings. The fraction of sp³-hybridized carbons (Fsp3) is 0.105. The van der Waals surface area contributed by atoms with E-state index in [0.29, 0.717) is 17.0 Å². The van der Waals surface area contributed by atoms with Gasteiger partial charge in [0.2, 0.25) is 0 Å². The third-order valence-electron chi connectivity index (χ3n) is 3.90. The van der Waals surface area contributed by atoms with Crippen LogP contribution in [0.2, 0.25) is 0 Å². The summed E-state index contributed by atoms with van der Waals surface area (Å²) in [6.45, 7) is 3.55. The average molecular weight is 334 g/mol. The van der Waals surface area contributed by atoms with Crippen molar-refractivity contribution in [3.05, 3.63) is 71.4 Å². The van der Waals surface area contributed by atoms with Gasteiger partial charge >= 0.3 is 0 Å². The van der Waals surface area contributed by atoms with Crippen LogP contribution in [0.15, 0.2) is 59.7 Å². The average Bonchev–Trinajstić information content (AvgIpc) is 3.02. The zero-order valence-electron chi connectivity index (χ0n) is 13.9. The third kappa shape index (κ3) is 3.42. The largest absolute Gasteiger partial charge is 0.507 e. The first kappa shape index (κ1) is 16.4. The van der Waals surface area contributed by atoms with Gasteiger partial charge in [0.05, 0.1) is 11.4 Å². The third-order valence-corrected chi connectivity index (χ3v) is 3.90. The number of phenolic OH excluding ortho intramolecular Hbond substituents is 1. The zero-order chi connectivity index (χ0) is 17.8. The van der Waals surface area contributed by atoms with E-state index in [-0.39, 0.29) is 11.7 Å². The normalized spacial score (nSPS) is 11.4. The van der Waals surface area contributed by atoms with Gasteiger partial charge in [0.15, 0.2) is 0 Å². The molecule has 25 heavy (non-hydrogen) atoms. The molecule has 0 aliphatic heterocycles. The summed E-state index contributed by atoms with van der Waals surface area (Å²) in [6, 6.07) is 16.5. The molecule has 1 heterocycles. The summed E-state index contributed by atoms with van der Waals surface area (Å²) >= 11 is 0. The van der Waals surface area contributed by atoms with Crippen LogP contribution < -0.4 is 5.43 Å². The van der Waals surface area contributed by atoms with Crippen molar-refractivity contribution in [3.63, 3.8) is 0 Å². The van der Waals surface area contributed by atoms with E-state index in [4.69, 9.17) is 0 Å². The van der Waals surface area contributed by atoms with Crippen molar-refractivity contribution in [1.82, 2.24) is 15.6 Å². The predicted octanol–water partition coefficient (Wildman–Crippen LogP) is 3.24. The monoisotopic (exact) mass is 334 g/mol. The van der Waals surface area contributed by atoms with Gasteiger partial charge in [-0.3, -0.25) is 9.89 Å². The van der Waals surface area contributed by atoms with Crippen LogP contribution in [0.4, 0.5) is 0 Å². The van der Waals surface area contributed by atoms with E-state index in [1.54, 1.807) is 31.2 Å². The molecule has 0 saturated heterocycles. The van der Waals surface area contributed by atoms with Gasteiger partial charge in [-0.2, -0.15) is 10.2 Å². The number of benzene rings is 2. The maximum absolute atomic E-state index is 12.4. The first-order valence-electron chi connectivity index (χ1n) is 7.81. The lowest BCUT2D eigenvalue weighted by molar-refractivity contribution is 0.0949. The second-order valence-corrected chi connectivity index (χ2v) is 5.59. The number of aromatic hydroxyl groups is 1. The van der Waals surface area contributed by atoms with Gasteiger partial charge in [-0.05, 0) is 26.0 Å². The lowest BCUT2D eigenvalue weighted by atomic mass is 10.1. The summed E-state index contributed by atoms with van der Waals surface area (Å²) < 4.78 is 0. The molecule has 0 atom stereocenters. The molecule has 0 saturated carbocycles. The van der Waals surface area contributed by atoms with Crippen molar-refractivity contribution < 1.29 is 9.90 Å². The minimum Gasteiger partial charge on any atom is -0.507 e. The van der Waals surface area contributed by atoms with E-state index in [1.165, 1.54) is 0 Å². The maximum Gasteiger partial charge on any atom is 0.289 e. The van der Waals surface area contributed by atoms with E-state index < -0.39 is 0 Å². The number of rotatable bonds is 4. The van der Waals surface area contributed by atoms with Crippen LogP contribution in [-0.4, -0.2) is 26.9 Å². The van der Waals surface area contributed by atoms with E-state index in [2.05, 4.69) is 20.7 Å². The molecule has 2 aromatic carbocycles. The van der Waals surface area contributed by atoms with Crippen molar-refractivity contribution >= 4 is 11.6 Å². The Hall–Kier alpha value is -3.41. The summed E-state index contributed by atoms with van der Waals surface area (Å²) in [5.74, 6) is -0.274. The van der Waals surface area contributed by atoms with Crippen LogP contribution in [0.5, 0.6) is 5.75 Å². The molecular formula is C19H18N4O2. The first-order chi connectivity index (χ1) is 12.1. The van der Waals surface area contributed by atoms with Crippen LogP contribution in [0.1, 0.15) is 28.5 Å². The number of hydrogen-bond donors (Lipinski definition) is 3. The quantitative estimate of drug-likeness (QED) is 0.505. The van der Waals surface area contributed by atoms with Crippen LogP contribution in [-0.2, 0) is 0 Å². The number of phenols is 1. The Balaban J connectivity index is 1.80. The van der Waals surface area contributed by atoms with Crippen molar-refractivity contribution in [2.45, 2.75) is 13.8 Å². The fourth-order valence-electron chi connectivity index (χ4n) is 2.53. The fourth-order valence-corrected chi connectivity index (χ4v) is 2.53. The molecule has 0 unspecified atom stereocenters. The molecule has 6 nitrogen and oxygen atoms in total. The summed E-state index contributed by atoms with van der Waals surface area (Å²) in [6.07, 6.45) is 0. The van der Waals surface area contributed by atoms with Gasteiger partial charge < -0.3 is 5.11 Å². The number of aromatic amines is 1. The molecule has 3 N–H and O–H groups in total. The summed E-state index contributed by atoms with van der Waals surface area (Å²) in [5, 5.41) is 20.9. The van der Waals surface area contributed by atoms with Crippen molar-refractivity contribution in [2.75, 3.05) is 0 Å². The SMILES string of the molecule is C/C(=N/NC(=O)c1[nH]nc(-c2ccccc2)c1C)c1ccccc1O. The Kier molecular flexibility index (Phi) is 4.61. The van der Waals surface area contributed by atoms with Crippen LogP contribution >= 0.6 is 0 Å². The summed E-state index contributed by atoms with van der Waals surface area (Å²) in [7, 11) is 0. The Morgan fingerprint density at radius 2 is 1.80 bits per heavy atom. The maximum atomic E-state index is 12.4. The van der Waals surface area contributed by atoms with Crippen LogP contribution in [0, 0.1) is 6.92 Å². The molecule has 3 rings (SSSR count). The minimum absolute atomic E-state index is 0.113. The van der Waals surface area contributed by atoms with Gasteiger partial charge in [0.1, 0.15) is 11.4 Å². The highest BCUT2D eigenvalue weighted by Crippen LogP contribution is 2.22. The molecule has 1 aromatic heterocycles. The molecule has 6 heteroatoms. The lowest BCUT2D eigenvalue weighted by Crippen LogP contribution is -2.20. The first-order valence-corrected chi connectivity index (χ1v) is 7.81. The Morgan fingerprint density at radius 3 is 2.52 bits per heavy atom. The highest BCUT2D eigenvalue weighted by atomic mass is 16.3. The molecule has 3 aromatic rings. The van der Waals surface area contributed by atoms with Crippen LogP contribution in [0.25, 0.3) is 11.3 Å². The highest BCUT2D eigenvalue weighted by Gasteiger charge is 2.16. The molecule has 0 bridgehead atoms. The molecule has 1 amide bonds. The minimum atomic E-state index is -0.387. The molecule has 126 valence electrons. The van der Waals surface area contributed by atoms with Gasteiger partial charge in [-0.15, -0.1) is 0 Å². The molecule has 0 spiro atoms. The van der Waals surface area contributed by atoms with E-state index >= 15 is 0 Å². The number of H-pyrrole nitrogens is 1. The van der Waals surface area contributed by atoms with E-state index in [1.807, 2.05) is 37.3 Å². The van der Waals surface area contributed by atoms with Gasteiger partial charge in [-0.25, -0.2) is 5.43 Å². The van der Waals surface area contributed by atoms with Gasteiger partial charge in [0, 0.05) is 16.7 Å². The van der Waals surface area contributed by atoms with Crippen molar-refractivity contribution in [3.8, 4) is 17.0 Å². The summed E-state index contributed by atoms with van der Waals surface area (Å²) in [5.41, 5.74) is 6.33. The number of nitrogens with one attached hydrogen (secondary N) is 2. The zero-order valence-corrected chi connectivity index (χ0v) is 13.9. The van der Waals surface area contributed by atoms with Gasteiger partial charge in [-0.1, -0.05) is 42.5 Å². The Bertz CT molecular complexity index is 930. The van der Waals surface area contributed by atoms with Crippen molar-refractivity contribution in [2.24, 2.45) is 5.10 Å². The highest BCUT2D eigenvalue weighted by molar-refractivity contribution is 6.02. The molecule has 0 radical (unpaired) electrons. The summed E-state index contributed by atoms with van der Waals surface area (Å²) in [4.78, 5) is 12.4. The van der Waals surface area contributed by atoms with Gasteiger partial charge in [0.25, 0.3) is 5.91 Å². The second-order valence-electron chi connectivity index (χ2n) is 5.59.